The van der Waals surface area contributed by atoms with Crippen LogP contribution in [0.25, 0.3) is 0 Å². The van der Waals surface area contributed by atoms with Crippen molar-refractivity contribution in [3.05, 3.63) is 29.8 Å². The van der Waals surface area contributed by atoms with Crippen LogP contribution >= 0.6 is 12.4 Å². The zero-order valence-electron chi connectivity index (χ0n) is 9.47. The number of aliphatic hydroxyl groups is 1. The number of hydrogen-bond acceptors (Lipinski definition) is 3. The van der Waals surface area contributed by atoms with Crippen molar-refractivity contribution in [2.24, 2.45) is 0 Å². The Hall–Kier alpha value is -1.06. The van der Waals surface area contributed by atoms with E-state index in [1.165, 1.54) is 6.92 Å². The summed E-state index contributed by atoms with van der Waals surface area (Å²) in [5.41, 5.74) is 0.665. The fourth-order valence-corrected chi connectivity index (χ4v) is 1.10. The van der Waals surface area contributed by atoms with Crippen molar-refractivity contribution in [2.45, 2.75) is 26.4 Å². The normalized spacial score (nSPS) is 11.4. The van der Waals surface area contributed by atoms with Gasteiger partial charge in [-0.1, -0.05) is 6.92 Å². The largest absolute Gasteiger partial charge is 0.491 e. The van der Waals surface area contributed by atoms with Crippen molar-refractivity contribution in [1.29, 1.82) is 0 Å². The molecule has 0 spiro atoms. The number of hydrogen-bond donors (Lipinski definition) is 1. The second kappa shape index (κ2) is 7.25. The summed E-state index contributed by atoms with van der Waals surface area (Å²) >= 11 is 0. The van der Waals surface area contributed by atoms with E-state index in [9.17, 15) is 9.90 Å². The molecule has 0 heterocycles. The van der Waals surface area contributed by atoms with Gasteiger partial charge in [0, 0.05) is 5.56 Å². The van der Waals surface area contributed by atoms with Crippen molar-refractivity contribution < 1.29 is 14.6 Å². The van der Waals surface area contributed by atoms with Crippen LogP contribution in [0.5, 0.6) is 5.75 Å². The van der Waals surface area contributed by atoms with Crippen LogP contribution in [0.4, 0.5) is 0 Å². The molecule has 0 aliphatic carbocycles. The number of benzene rings is 1. The molecular weight excluding hydrogens is 228 g/mol. The smallest absolute Gasteiger partial charge is 0.159 e. The zero-order chi connectivity index (χ0) is 11.3. The maximum absolute atomic E-state index is 11.0. The highest BCUT2D eigenvalue weighted by atomic mass is 35.5. The molecule has 0 bridgehead atoms. The minimum atomic E-state index is -0.433. The fraction of sp³-hybridized carbons (Fsp3) is 0.417. The van der Waals surface area contributed by atoms with Gasteiger partial charge in [0.1, 0.15) is 12.4 Å². The van der Waals surface area contributed by atoms with E-state index in [1.54, 1.807) is 24.3 Å². The standard InChI is InChI=1S/C12H16O3.ClH/c1-3-11(14)8-15-12-6-4-10(5-7-12)9(2)13;/h4-7,11,14H,3,8H2,1-2H3;1H. The Balaban J connectivity index is 0.00000225. The Morgan fingerprint density at radius 3 is 2.38 bits per heavy atom. The number of carbonyl (C=O) groups is 1. The molecule has 0 radical (unpaired) electrons. The first-order valence-corrected chi connectivity index (χ1v) is 5.05. The van der Waals surface area contributed by atoms with Gasteiger partial charge in [-0.3, -0.25) is 4.79 Å². The quantitative estimate of drug-likeness (QED) is 0.810. The fourth-order valence-electron chi connectivity index (χ4n) is 1.10. The molecule has 0 aromatic heterocycles. The Kier molecular flexibility index (Phi) is 6.77. The predicted octanol–water partition coefficient (Wildman–Crippen LogP) is 2.46. The molecule has 0 saturated carbocycles. The van der Waals surface area contributed by atoms with E-state index in [0.29, 0.717) is 17.7 Å². The lowest BCUT2D eigenvalue weighted by Crippen LogP contribution is -2.15. The lowest BCUT2D eigenvalue weighted by atomic mass is 10.1. The van der Waals surface area contributed by atoms with Gasteiger partial charge in [0.2, 0.25) is 0 Å². The Bertz CT molecular complexity index is 322. The van der Waals surface area contributed by atoms with Crippen LogP contribution in [0.2, 0.25) is 0 Å². The van der Waals surface area contributed by atoms with Crippen LogP contribution in [-0.4, -0.2) is 23.6 Å². The summed E-state index contributed by atoms with van der Waals surface area (Å²) in [4.78, 5) is 11.0. The molecule has 1 N–H and O–H groups in total. The van der Waals surface area contributed by atoms with Crippen molar-refractivity contribution >= 4 is 18.2 Å². The van der Waals surface area contributed by atoms with Crippen LogP contribution in [0, 0.1) is 0 Å². The highest BCUT2D eigenvalue weighted by molar-refractivity contribution is 5.94. The van der Waals surface area contributed by atoms with Gasteiger partial charge in [0.15, 0.2) is 5.78 Å². The van der Waals surface area contributed by atoms with Crippen LogP contribution in [0.3, 0.4) is 0 Å². The van der Waals surface area contributed by atoms with Crippen LogP contribution in [0.1, 0.15) is 30.6 Å². The van der Waals surface area contributed by atoms with Gasteiger partial charge in [0.05, 0.1) is 6.10 Å². The average Bonchev–Trinajstić information content (AvgIpc) is 2.26. The van der Waals surface area contributed by atoms with Crippen molar-refractivity contribution in [3.8, 4) is 5.75 Å². The Morgan fingerprint density at radius 2 is 1.94 bits per heavy atom. The topological polar surface area (TPSA) is 46.5 Å². The summed E-state index contributed by atoms with van der Waals surface area (Å²) in [6, 6.07) is 6.91. The number of aliphatic hydroxyl groups excluding tert-OH is 1. The average molecular weight is 245 g/mol. The summed E-state index contributed by atoms with van der Waals surface area (Å²) in [5, 5.41) is 9.28. The predicted molar refractivity (Wildman–Crippen MR) is 65.5 cm³/mol. The summed E-state index contributed by atoms with van der Waals surface area (Å²) in [5.74, 6) is 0.711. The number of Topliss-reactive ketones (excluding diaryl/α,β-unsaturated/α-hetero) is 1. The van der Waals surface area contributed by atoms with Gasteiger partial charge in [-0.05, 0) is 37.6 Å². The molecule has 16 heavy (non-hydrogen) atoms. The second-order valence-electron chi connectivity index (χ2n) is 3.45. The lowest BCUT2D eigenvalue weighted by molar-refractivity contribution is 0.101. The monoisotopic (exact) mass is 244 g/mol. The first-order chi connectivity index (χ1) is 7.13. The zero-order valence-corrected chi connectivity index (χ0v) is 10.3. The van der Waals surface area contributed by atoms with E-state index < -0.39 is 6.10 Å². The highest BCUT2D eigenvalue weighted by Gasteiger charge is 2.03. The Morgan fingerprint density at radius 1 is 1.38 bits per heavy atom. The molecule has 4 heteroatoms. The van der Waals surface area contributed by atoms with Gasteiger partial charge in [-0.2, -0.15) is 0 Å². The SMILES string of the molecule is CCC(O)COc1ccc(C(C)=O)cc1.Cl. The number of ether oxygens (including phenoxy) is 1. The molecule has 0 aliphatic rings. The van der Waals surface area contributed by atoms with Crippen molar-refractivity contribution in [3.63, 3.8) is 0 Å². The van der Waals surface area contributed by atoms with E-state index >= 15 is 0 Å². The number of halogens is 1. The van der Waals surface area contributed by atoms with E-state index in [2.05, 4.69) is 0 Å². The molecule has 1 aromatic rings. The molecular formula is C12H17ClO3. The Labute approximate surface area is 102 Å². The van der Waals surface area contributed by atoms with Gasteiger partial charge in [-0.25, -0.2) is 0 Å². The summed E-state index contributed by atoms with van der Waals surface area (Å²) < 4.78 is 5.33. The minimum Gasteiger partial charge on any atom is -0.491 e. The van der Waals surface area contributed by atoms with Crippen LogP contribution < -0.4 is 4.74 Å². The third kappa shape index (κ3) is 4.64. The van der Waals surface area contributed by atoms with Crippen LogP contribution in [-0.2, 0) is 0 Å². The van der Waals surface area contributed by atoms with E-state index in [0.717, 1.165) is 0 Å². The molecule has 0 amide bonds. The molecule has 90 valence electrons. The number of ketones is 1. The van der Waals surface area contributed by atoms with Crippen LogP contribution in [0.15, 0.2) is 24.3 Å². The summed E-state index contributed by atoms with van der Waals surface area (Å²) in [7, 11) is 0. The molecule has 0 fully saturated rings. The summed E-state index contributed by atoms with van der Waals surface area (Å²) in [6.45, 7) is 3.71. The first-order valence-electron chi connectivity index (χ1n) is 5.05. The molecule has 0 aliphatic heterocycles. The van der Waals surface area contributed by atoms with Gasteiger partial charge in [0.25, 0.3) is 0 Å². The van der Waals surface area contributed by atoms with Gasteiger partial charge in [-0.15, -0.1) is 12.4 Å². The molecule has 0 saturated heterocycles. The molecule has 1 atom stereocenters. The van der Waals surface area contributed by atoms with E-state index in [1.807, 2.05) is 6.92 Å². The summed E-state index contributed by atoms with van der Waals surface area (Å²) in [6.07, 6.45) is 0.239. The number of carbonyl (C=O) groups excluding carboxylic acids is 1. The van der Waals surface area contributed by atoms with E-state index in [4.69, 9.17) is 4.74 Å². The van der Waals surface area contributed by atoms with Crippen molar-refractivity contribution in [2.75, 3.05) is 6.61 Å². The molecule has 1 rings (SSSR count). The number of rotatable bonds is 5. The maximum atomic E-state index is 11.0. The second-order valence-corrected chi connectivity index (χ2v) is 3.45. The highest BCUT2D eigenvalue weighted by Crippen LogP contribution is 2.13. The van der Waals surface area contributed by atoms with E-state index in [-0.39, 0.29) is 24.8 Å². The molecule has 1 aromatic carbocycles. The van der Waals surface area contributed by atoms with Gasteiger partial charge >= 0.3 is 0 Å². The third-order valence-corrected chi connectivity index (χ3v) is 2.17. The minimum absolute atomic E-state index is 0. The lowest BCUT2D eigenvalue weighted by Gasteiger charge is -2.10. The first kappa shape index (κ1) is 14.9. The van der Waals surface area contributed by atoms with Crippen molar-refractivity contribution in [1.82, 2.24) is 0 Å². The maximum Gasteiger partial charge on any atom is 0.159 e. The molecule has 3 nitrogen and oxygen atoms in total. The third-order valence-electron chi connectivity index (χ3n) is 2.17. The molecule has 1 unspecified atom stereocenters. The van der Waals surface area contributed by atoms with Gasteiger partial charge < -0.3 is 9.84 Å².